The molecule has 0 unspecified atom stereocenters. The number of carbonyl (C=O) groups excluding carboxylic acids is 1. The molecule has 4 nitrogen and oxygen atoms in total. The minimum atomic E-state index is -0.590. The van der Waals surface area contributed by atoms with E-state index in [2.05, 4.69) is 0 Å². The van der Waals surface area contributed by atoms with Crippen LogP contribution in [0.2, 0.25) is 0 Å². The van der Waals surface area contributed by atoms with Gasteiger partial charge in [0.25, 0.3) is 0 Å². The first-order chi connectivity index (χ1) is 7.72. The average molecular weight is 240 g/mol. The Morgan fingerprint density at radius 3 is 2.62 bits per heavy atom. The molecule has 2 N–H and O–H groups in total. The molecule has 0 bridgehead atoms. The van der Waals surface area contributed by atoms with Crippen LogP contribution in [-0.4, -0.2) is 18.6 Å². The topological polar surface area (TPSA) is 61.5 Å². The summed E-state index contributed by atoms with van der Waals surface area (Å²) in [5.41, 5.74) is 5.39. The summed E-state index contributed by atoms with van der Waals surface area (Å²) in [6.45, 7) is 0.145. The minimum absolute atomic E-state index is 0.0170. The Kier molecular flexibility index (Phi) is 3.12. The molecule has 1 aliphatic rings. The molecular weight excluding hydrogens is 230 g/mol. The van der Waals surface area contributed by atoms with E-state index in [0.29, 0.717) is 5.75 Å². The van der Waals surface area contributed by atoms with Crippen LogP contribution in [0, 0.1) is 0 Å². The van der Waals surface area contributed by atoms with Crippen molar-refractivity contribution in [3.05, 3.63) is 41.1 Å². The van der Waals surface area contributed by atoms with E-state index in [4.69, 9.17) is 26.8 Å². The molecule has 1 aromatic carbocycles. The molecule has 0 amide bonds. The Hall–Kier alpha value is -1.52. The van der Waals surface area contributed by atoms with Gasteiger partial charge in [0.05, 0.1) is 0 Å². The van der Waals surface area contributed by atoms with Gasteiger partial charge in [-0.2, -0.15) is 0 Å². The highest BCUT2D eigenvalue weighted by Gasteiger charge is 2.34. The molecule has 0 saturated carbocycles. The minimum Gasteiger partial charge on any atom is -0.449 e. The first kappa shape index (κ1) is 11.0. The first-order valence-electron chi connectivity index (χ1n) is 4.76. The molecule has 2 rings (SSSR count). The summed E-state index contributed by atoms with van der Waals surface area (Å²) in [6.07, 6.45) is -0.590. The average Bonchev–Trinajstić information content (AvgIpc) is 2.58. The predicted molar refractivity (Wildman–Crippen MR) is 58.9 cm³/mol. The molecule has 1 aliphatic heterocycles. The molecule has 0 aromatic heterocycles. The summed E-state index contributed by atoms with van der Waals surface area (Å²) in [4.78, 5) is 11.4. The van der Waals surface area contributed by atoms with Gasteiger partial charge in [0.15, 0.2) is 6.10 Å². The standard InChI is InChI=1S/C11H10ClNO3/c12-9-8(6-13)16-11(14)10(9)15-7-4-2-1-3-5-7/h1-5,8H,6,13H2/t8-/m0/s1. The van der Waals surface area contributed by atoms with Gasteiger partial charge in [0, 0.05) is 6.54 Å². The fourth-order valence-corrected chi connectivity index (χ4v) is 1.58. The van der Waals surface area contributed by atoms with Crippen molar-refractivity contribution in [2.75, 3.05) is 6.54 Å². The van der Waals surface area contributed by atoms with Gasteiger partial charge in [-0.3, -0.25) is 0 Å². The zero-order valence-electron chi connectivity index (χ0n) is 8.35. The van der Waals surface area contributed by atoms with Gasteiger partial charge in [0.1, 0.15) is 10.8 Å². The van der Waals surface area contributed by atoms with Crippen LogP contribution in [0.1, 0.15) is 0 Å². The molecule has 0 saturated heterocycles. The molecule has 84 valence electrons. The summed E-state index contributed by atoms with van der Waals surface area (Å²) in [7, 11) is 0. The van der Waals surface area contributed by atoms with Crippen molar-refractivity contribution in [3.63, 3.8) is 0 Å². The van der Waals surface area contributed by atoms with Crippen molar-refractivity contribution in [1.29, 1.82) is 0 Å². The van der Waals surface area contributed by atoms with Gasteiger partial charge < -0.3 is 15.2 Å². The normalized spacial score (nSPS) is 19.9. The lowest BCUT2D eigenvalue weighted by Gasteiger charge is -2.03. The second-order valence-electron chi connectivity index (χ2n) is 3.22. The largest absolute Gasteiger partial charge is 0.449 e. The molecule has 16 heavy (non-hydrogen) atoms. The molecule has 0 spiro atoms. The maximum absolute atomic E-state index is 11.4. The smallest absolute Gasteiger partial charge is 0.376 e. The van der Waals surface area contributed by atoms with E-state index in [9.17, 15) is 4.79 Å². The number of rotatable bonds is 3. The number of cyclic esters (lactones) is 1. The van der Waals surface area contributed by atoms with E-state index in [0.717, 1.165) is 0 Å². The van der Waals surface area contributed by atoms with Gasteiger partial charge in [-0.25, -0.2) is 4.79 Å². The molecule has 5 heteroatoms. The maximum atomic E-state index is 11.4. The number of carbonyl (C=O) groups is 1. The number of hydrogen-bond donors (Lipinski definition) is 1. The predicted octanol–water partition coefficient (Wildman–Crippen LogP) is 1.40. The van der Waals surface area contributed by atoms with Crippen LogP contribution < -0.4 is 10.5 Å². The molecule has 1 heterocycles. The first-order valence-corrected chi connectivity index (χ1v) is 5.14. The highest BCUT2D eigenvalue weighted by Crippen LogP contribution is 2.27. The molecule has 1 atom stereocenters. The lowest BCUT2D eigenvalue weighted by atomic mass is 10.3. The van der Waals surface area contributed by atoms with Crippen molar-refractivity contribution in [1.82, 2.24) is 0 Å². The summed E-state index contributed by atoms with van der Waals surface area (Å²) >= 11 is 5.92. The fraction of sp³-hybridized carbons (Fsp3) is 0.182. The van der Waals surface area contributed by atoms with Crippen LogP contribution in [0.5, 0.6) is 5.75 Å². The zero-order valence-corrected chi connectivity index (χ0v) is 9.11. The Balaban J connectivity index is 2.21. The number of hydrogen-bond acceptors (Lipinski definition) is 4. The van der Waals surface area contributed by atoms with Crippen LogP contribution in [0.3, 0.4) is 0 Å². The quantitative estimate of drug-likeness (QED) is 0.810. The summed E-state index contributed by atoms with van der Waals surface area (Å²) in [5.74, 6) is -0.0297. The van der Waals surface area contributed by atoms with Crippen LogP contribution in [-0.2, 0) is 9.53 Å². The molecule has 1 aromatic rings. The molecule has 0 radical (unpaired) electrons. The zero-order chi connectivity index (χ0) is 11.5. The third-order valence-corrected chi connectivity index (χ3v) is 2.53. The van der Waals surface area contributed by atoms with Crippen LogP contribution in [0.4, 0.5) is 0 Å². The molecular formula is C11H10ClNO3. The van der Waals surface area contributed by atoms with E-state index in [1.54, 1.807) is 24.3 Å². The van der Waals surface area contributed by atoms with Crippen molar-refractivity contribution >= 4 is 17.6 Å². The lowest BCUT2D eigenvalue weighted by Crippen LogP contribution is -2.21. The second kappa shape index (κ2) is 4.55. The van der Waals surface area contributed by atoms with E-state index >= 15 is 0 Å². The number of para-hydroxylation sites is 1. The van der Waals surface area contributed by atoms with Gasteiger partial charge >= 0.3 is 5.97 Å². The van der Waals surface area contributed by atoms with Gasteiger partial charge in [0.2, 0.25) is 5.76 Å². The Labute approximate surface area is 97.6 Å². The van der Waals surface area contributed by atoms with E-state index < -0.39 is 12.1 Å². The van der Waals surface area contributed by atoms with Gasteiger partial charge in [-0.1, -0.05) is 29.8 Å². The molecule has 0 aliphatic carbocycles. The number of esters is 1. The maximum Gasteiger partial charge on any atom is 0.376 e. The highest BCUT2D eigenvalue weighted by molar-refractivity contribution is 6.33. The van der Waals surface area contributed by atoms with E-state index in [1.165, 1.54) is 0 Å². The van der Waals surface area contributed by atoms with E-state index in [-0.39, 0.29) is 17.3 Å². The van der Waals surface area contributed by atoms with Crippen molar-refractivity contribution < 1.29 is 14.3 Å². The van der Waals surface area contributed by atoms with E-state index in [1.807, 2.05) is 6.07 Å². The van der Waals surface area contributed by atoms with Gasteiger partial charge in [-0.15, -0.1) is 0 Å². The summed E-state index contributed by atoms with van der Waals surface area (Å²) in [5, 5.41) is 0.219. The van der Waals surface area contributed by atoms with Gasteiger partial charge in [-0.05, 0) is 12.1 Å². The summed E-state index contributed by atoms with van der Waals surface area (Å²) in [6, 6.07) is 8.88. The second-order valence-corrected chi connectivity index (χ2v) is 3.63. The summed E-state index contributed by atoms with van der Waals surface area (Å²) < 4.78 is 10.3. The molecule has 0 fully saturated rings. The van der Waals surface area contributed by atoms with Crippen molar-refractivity contribution in [2.24, 2.45) is 5.73 Å². The fourth-order valence-electron chi connectivity index (χ4n) is 1.33. The number of nitrogens with two attached hydrogens (primary N) is 1. The monoisotopic (exact) mass is 239 g/mol. The van der Waals surface area contributed by atoms with Crippen LogP contribution in [0.15, 0.2) is 41.1 Å². The third-order valence-electron chi connectivity index (χ3n) is 2.11. The lowest BCUT2D eigenvalue weighted by molar-refractivity contribution is -0.141. The Bertz CT molecular complexity index is 430. The van der Waals surface area contributed by atoms with Crippen LogP contribution >= 0.6 is 11.6 Å². The third kappa shape index (κ3) is 2.03. The Morgan fingerprint density at radius 1 is 1.38 bits per heavy atom. The van der Waals surface area contributed by atoms with Crippen molar-refractivity contribution in [3.8, 4) is 5.75 Å². The number of ether oxygens (including phenoxy) is 2. The SMILES string of the molecule is NC[C@@H]1OC(=O)C(Oc2ccccc2)=C1Cl. The number of halogens is 1. The number of benzene rings is 1. The van der Waals surface area contributed by atoms with Crippen LogP contribution in [0.25, 0.3) is 0 Å². The van der Waals surface area contributed by atoms with Crippen molar-refractivity contribution in [2.45, 2.75) is 6.10 Å². The Morgan fingerprint density at radius 2 is 2.06 bits per heavy atom. The highest BCUT2D eigenvalue weighted by atomic mass is 35.5.